The largest absolute Gasteiger partial charge is 0.459 e. The summed E-state index contributed by atoms with van der Waals surface area (Å²) < 4.78 is 23.1. The second-order valence-corrected chi connectivity index (χ2v) is 13.3. The van der Waals surface area contributed by atoms with E-state index in [-0.39, 0.29) is 11.4 Å². The maximum atomic E-state index is 13.2. The normalized spacial score (nSPS) is 44.2. The van der Waals surface area contributed by atoms with Crippen molar-refractivity contribution < 1.29 is 48.0 Å². The Labute approximate surface area is 239 Å². The topological polar surface area (TPSA) is 143 Å². The van der Waals surface area contributed by atoms with Crippen LogP contribution in [0.3, 0.4) is 0 Å². The van der Waals surface area contributed by atoms with Gasteiger partial charge in [-0.3, -0.25) is 14.4 Å². The molecular formula is C31H38O10. The predicted molar refractivity (Wildman–Crippen MR) is 143 cm³/mol. The number of ether oxygens (including phenoxy) is 4. The summed E-state index contributed by atoms with van der Waals surface area (Å²) in [5.74, 6) is -4.73. The summed E-state index contributed by atoms with van der Waals surface area (Å²) in [6, 6.07) is 0. The second kappa shape index (κ2) is 9.19. The van der Waals surface area contributed by atoms with Gasteiger partial charge in [0.15, 0.2) is 5.78 Å². The molecule has 1 aliphatic heterocycles. The molecule has 10 nitrogen and oxygen atoms in total. The monoisotopic (exact) mass is 570 g/mol. The fourth-order valence-corrected chi connectivity index (χ4v) is 9.58. The molecule has 2 fully saturated rings. The first-order valence-electron chi connectivity index (χ1n) is 13.9. The first-order valence-corrected chi connectivity index (χ1v) is 13.9. The van der Waals surface area contributed by atoms with Crippen molar-refractivity contribution in [3.63, 3.8) is 0 Å². The molecule has 0 bridgehead atoms. The molecule has 0 amide bonds. The van der Waals surface area contributed by atoms with Gasteiger partial charge in [-0.2, -0.15) is 0 Å². The van der Waals surface area contributed by atoms with Gasteiger partial charge in [-0.25, -0.2) is 9.59 Å². The lowest BCUT2D eigenvalue weighted by molar-refractivity contribution is -0.271. The molecule has 1 heterocycles. The molecule has 222 valence electrons. The molecule has 10 heteroatoms. The Morgan fingerprint density at radius 3 is 2.10 bits per heavy atom. The zero-order valence-electron chi connectivity index (χ0n) is 24.7. The summed E-state index contributed by atoms with van der Waals surface area (Å²) in [4.78, 5) is 63.3. The Hall–Kier alpha value is -3.11. The van der Waals surface area contributed by atoms with Crippen LogP contribution >= 0.6 is 0 Å². The summed E-state index contributed by atoms with van der Waals surface area (Å²) in [7, 11) is 1.50. The molecule has 0 aromatic rings. The van der Waals surface area contributed by atoms with Crippen molar-refractivity contribution in [2.75, 3.05) is 7.11 Å². The number of carbonyl (C=O) groups excluding carboxylic acids is 5. The highest BCUT2D eigenvalue weighted by atomic mass is 16.6. The van der Waals surface area contributed by atoms with Crippen LogP contribution in [0.25, 0.3) is 0 Å². The molecule has 4 aliphatic carbocycles. The molecule has 0 aromatic carbocycles. The van der Waals surface area contributed by atoms with Crippen molar-refractivity contribution in [3.05, 3.63) is 35.5 Å². The van der Waals surface area contributed by atoms with Crippen molar-refractivity contribution in [2.24, 2.45) is 39.4 Å². The zero-order chi connectivity index (χ0) is 30.4. The molecule has 10 atom stereocenters. The van der Waals surface area contributed by atoms with E-state index < -0.39 is 87.7 Å². The highest BCUT2D eigenvalue weighted by Crippen LogP contribution is 2.73. The van der Waals surface area contributed by atoms with Crippen molar-refractivity contribution >= 4 is 29.7 Å². The Morgan fingerprint density at radius 2 is 1.56 bits per heavy atom. The van der Waals surface area contributed by atoms with Crippen LogP contribution in [0.4, 0.5) is 0 Å². The third-order valence-corrected chi connectivity index (χ3v) is 10.8. The number of hydrogen-bond acceptors (Lipinski definition) is 10. The lowest BCUT2D eigenvalue weighted by atomic mass is 9.36. The number of aliphatic hydroxyl groups excluding tert-OH is 1. The maximum Gasteiger partial charge on any atom is 0.342 e. The summed E-state index contributed by atoms with van der Waals surface area (Å²) in [6.07, 6.45) is 2.64. The average molecular weight is 571 g/mol. The van der Waals surface area contributed by atoms with Crippen LogP contribution in [0.15, 0.2) is 35.5 Å². The fourth-order valence-electron chi connectivity index (χ4n) is 9.58. The third-order valence-electron chi connectivity index (χ3n) is 10.8. The molecule has 0 spiro atoms. The summed E-state index contributed by atoms with van der Waals surface area (Å²) >= 11 is 0. The van der Waals surface area contributed by atoms with Gasteiger partial charge in [0.05, 0.1) is 12.2 Å². The van der Waals surface area contributed by atoms with Gasteiger partial charge < -0.3 is 24.1 Å². The molecule has 5 aliphatic rings. The molecular weight excluding hydrogens is 532 g/mol. The number of ketones is 1. The zero-order valence-corrected chi connectivity index (χ0v) is 24.7. The van der Waals surface area contributed by atoms with Gasteiger partial charge in [-0.15, -0.1) is 0 Å². The van der Waals surface area contributed by atoms with E-state index in [2.05, 4.69) is 0 Å². The number of methoxy groups -OCH3 is 1. The van der Waals surface area contributed by atoms with Crippen LogP contribution in [0.1, 0.15) is 54.9 Å². The Bertz CT molecular complexity index is 1340. The van der Waals surface area contributed by atoms with Crippen molar-refractivity contribution in [1.29, 1.82) is 0 Å². The highest BCUT2D eigenvalue weighted by molar-refractivity contribution is 6.09. The number of rotatable bonds is 4. The van der Waals surface area contributed by atoms with E-state index in [0.29, 0.717) is 6.42 Å². The Morgan fingerprint density at radius 1 is 0.951 bits per heavy atom. The highest BCUT2D eigenvalue weighted by Gasteiger charge is 2.77. The number of fused-ring (bicyclic) bond motifs is 5. The molecule has 0 saturated heterocycles. The molecule has 1 N–H and O–H groups in total. The fraction of sp³-hybridized carbons (Fsp3) is 0.645. The van der Waals surface area contributed by atoms with Crippen LogP contribution < -0.4 is 0 Å². The van der Waals surface area contributed by atoms with Gasteiger partial charge in [-0.05, 0) is 17.9 Å². The Kier molecular flexibility index (Phi) is 6.59. The van der Waals surface area contributed by atoms with Crippen molar-refractivity contribution in [2.45, 2.75) is 79.3 Å². The quantitative estimate of drug-likeness (QED) is 0.232. The number of carbonyl (C=O) groups is 5. The van der Waals surface area contributed by atoms with Gasteiger partial charge in [0, 0.05) is 66.6 Å². The van der Waals surface area contributed by atoms with E-state index in [1.54, 1.807) is 13.8 Å². The van der Waals surface area contributed by atoms with E-state index in [1.165, 1.54) is 33.1 Å². The summed E-state index contributed by atoms with van der Waals surface area (Å²) in [6.45, 7) is 11.8. The van der Waals surface area contributed by atoms with Crippen LogP contribution in [-0.4, -0.2) is 66.3 Å². The minimum absolute atomic E-state index is 0.159. The van der Waals surface area contributed by atoms with Gasteiger partial charge in [0.25, 0.3) is 0 Å². The average Bonchev–Trinajstić information content (AvgIpc) is 3.38. The number of aliphatic hydroxyl groups is 1. The van der Waals surface area contributed by atoms with Gasteiger partial charge >= 0.3 is 23.9 Å². The minimum atomic E-state index is -1.25. The molecule has 41 heavy (non-hydrogen) atoms. The van der Waals surface area contributed by atoms with E-state index >= 15 is 0 Å². The number of hydrogen-bond donors (Lipinski definition) is 1. The SMILES string of the molecule is COC1C(OC(C)=O)C2(C)C(=CCC2C2=CC(=O)OC2=O)C2(C)C(OC(C)=O)C(O)C3C(C)(C)C(=O)C=CC3(C)C12. The predicted octanol–water partition coefficient (Wildman–Crippen LogP) is 2.63. The van der Waals surface area contributed by atoms with Crippen molar-refractivity contribution in [3.8, 4) is 0 Å². The van der Waals surface area contributed by atoms with Crippen LogP contribution in [0, 0.1) is 39.4 Å². The van der Waals surface area contributed by atoms with E-state index in [0.717, 1.165) is 5.57 Å². The number of esters is 4. The lowest BCUT2D eigenvalue weighted by Crippen LogP contribution is -2.75. The van der Waals surface area contributed by atoms with Gasteiger partial charge in [0.1, 0.15) is 12.2 Å². The van der Waals surface area contributed by atoms with Crippen LogP contribution in [0.2, 0.25) is 0 Å². The van der Waals surface area contributed by atoms with Crippen LogP contribution in [0.5, 0.6) is 0 Å². The van der Waals surface area contributed by atoms with Gasteiger partial charge in [-0.1, -0.05) is 52.3 Å². The molecule has 5 rings (SSSR count). The van der Waals surface area contributed by atoms with E-state index in [4.69, 9.17) is 18.9 Å². The third kappa shape index (κ3) is 3.72. The molecule has 0 aromatic heterocycles. The molecule has 0 radical (unpaired) electrons. The second-order valence-electron chi connectivity index (χ2n) is 13.3. The van der Waals surface area contributed by atoms with E-state index in [9.17, 15) is 29.1 Å². The smallest absolute Gasteiger partial charge is 0.342 e. The first kappa shape index (κ1) is 29.4. The number of cyclic esters (lactones) is 2. The Balaban J connectivity index is 1.82. The number of allylic oxidation sites excluding steroid dienone is 3. The van der Waals surface area contributed by atoms with Crippen LogP contribution in [-0.2, 0) is 42.9 Å². The van der Waals surface area contributed by atoms with Gasteiger partial charge in [0.2, 0.25) is 0 Å². The lowest BCUT2D eigenvalue weighted by Gasteiger charge is -2.70. The summed E-state index contributed by atoms with van der Waals surface area (Å²) in [5.41, 5.74) is -3.25. The first-order chi connectivity index (χ1) is 19.0. The van der Waals surface area contributed by atoms with E-state index in [1.807, 2.05) is 32.9 Å². The molecule has 2 saturated carbocycles. The summed E-state index contributed by atoms with van der Waals surface area (Å²) in [5, 5.41) is 12.1. The minimum Gasteiger partial charge on any atom is -0.459 e. The molecule has 10 unspecified atom stereocenters. The standard InChI is InChI=1S/C31H38O10/c1-14(32)39-25-21(36)23-28(3,4)19(34)11-12-29(23,5)24-22(38-8)26(40-15(2)33)30(6)17(9-10-18(30)31(24,25)7)16-13-20(35)41-27(16)37/h10-13,17,21-26,36H,9H2,1-8H3. The maximum absolute atomic E-state index is 13.2. The van der Waals surface area contributed by atoms with Crippen molar-refractivity contribution in [1.82, 2.24) is 0 Å².